The minimum atomic E-state index is -0.706. The second-order valence-electron chi connectivity index (χ2n) is 5.23. The Morgan fingerprint density at radius 1 is 0.739 bits per heavy atom. The van der Waals surface area contributed by atoms with Crippen molar-refractivity contribution in [1.82, 2.24) is 0 Å². The number of hydrogen-bond acceptors (Lipinski definition) is 4. The van der Waals surface area contributed by atoms with E-state index >= 15 is 0 Å². The van der Waals surface area contributed by atoms with Gasteiger partial charge in [0.05, 0.1) is 7.11 Å². The van der Waals surface area contributed by atoms with Gasteiger partial charge in [0.2, 0.25) is 0 Å². The van der Waals surface area contributed by atoms with Crippen molar-refractivity contribution in [2.45, 2.75) is 12.2 Å². The number of thiophene rings is 1. The summed E-state index contributed by atoms with van der Waals surface area (Å²) in [6, 6.07) is 20.6. The Morgan fingerprint density at radius 3 is 1.78 bits per heavy atom. The van der Waals surface area contributed by atoms with Gasteiger partial charge >= 0.3 is 0 Å². The van der Waals surface area contributed by atoms with Gasteiger partial charge < -0.3 is 14.9 Å². The predicted molar refractivity (Wildman–Crippen MR) is 91.9 cm³/mol. The van der Waals surface area contributed by atoms with Gasteiger partial charge in [-0.25, -0.2) is 0 Å². The average Bonchev–Trinajstić information content (AvgIpc) is 3.11. The monoisotopic (exact) mass is 326 g/mol. The fraction of sp³-hybridized carbons (Fsp3) is 0.158. The first kappa shape index (κ1) is 15.7. The first-order chi connectivity index (χ1) is 11.2. The lowest BCUT2D eigenvalue weighted by atomic mass is 10.1. The third-order valence-electron chi connectivity index (χ3n) is 3.73. The summed E-state index contributed by atoms with van der Waals surface area (Å²) in [5, 5.41) is 20.9. The summed E-state index contributed by atoms with van der Waals surface area (Å²) >= 11 is 1.42. The summed E-state index contributed by atoms with van der Waals surface area (Å²) in [4.78, 5) is 1.62. The van der Waals surface area contributed by atoms with Crippen LogP contribution in [0.25, 0.3) is 0 Å². The molecule has 0 radical (unpaired) electrons. The van der Waals surface area contributed by atoms with E-state index in [0.29, 0.717) is 0 Å². The molecule has 0 saturated carbocycles. The topological polar surface area (TPSA) is 49.7 Å². The van der Waals surface area contributed by atoms with Crippen LogP contribution in [0.1, 0.15) is 33.1 Å². The van der Waals surface area contributed by atoms with E-state index in [1.54, 1.807) is 7.11 Å². The molecule has 0 aliphatic carbocycles. The van der Waals surface area contributed by atoms with Gasteiger partial charge in [0, 0.05) is 9.75 Å². The number of aliphatic hydroxyl groups is 2. The summed E-state index contributed by atoms with van der Waals surface area (Å²) < 4.78 is 5.13. The fourth-order valence-electron chi connectivity index (χ4n) is 2.41. The van der Waals surface area contributed by atoms with E-state index < -0.39 is 12.2 Å². The molecule has 3 aromatic rings. The lowest BCUT2D eigenvalue weighted by Gasteiger charge is -2.11. The van der Waals surface area contributed by atoms with Crippen molar-refractivity contribution >= 4 is 11.3 Å². The van der Waals surface area contributed by atoms with Crippen LogP contribution in [0, 0.1) is 0 Å². The van der Waals surface area contributed by atoms with Gasteiger partial charge in [-0.05, 0) is 35.4 Å². The highest BCUT2D eigenvalue weighted by Crippen LogP contribution is 2.34. The number of aliphatic hydroxyl groups excluding tert-OH is 2. The Balaban J connectivity index is 1.80. The van der Waals surface area contributed by atoms with E-state index in [-0.39, 0.29) is 0 Å². The van der Waals surface area contributed by atoms with E-state index in [0.717, 1.165) is 26.6 Å². The van der Waals surface area contributed by atoms with E-state index in [1.807, 2.05) is 66.7 Å². The smallest absolute Gasteiger partial charge is 0.118 e. The third-order valence-corrected chi connectivity index (χ3v) is 4.92. The van der Waals surface area contributed by atoms with Crippen LogP contribution >= 0.6 is 11.3 Å². The lowest BCUT2D eigenvalue weighted by Crippen LogP contribution is -1.97. The van der Waals surface area contributed by atoms with Gasteiger partial charge in [0.15, 0.2) is 0 Å². The first-order valence-corrected chi connectivity index (χ1v) is 8.15. The number of benzene rings is 2. The summed E-state index contributed by atoms with van der Waals surface area (Å²) in [7, 11) is 1.61. The first-order valence-electron chi connectivity index (χ1n) is 7.33. The van der Waals surface area contributed by atoms with Crippen LogP contribution in [0.5, 0.6) is 5.75 Å². The molecule has 0 fully saturated rings. The molecular formula is C19H18O3S. The van der Waals surface area contributed by atoms with Crippen LogP contribution in [-0.4, -0.2) is 17.3 Å². The summed E-state index contributed by atoms with van der Waals surface area (Å²) in [6.45, 7) is 0. The van der Waals surface area contributed by atoms with Gasteiger partial charge in [-0.2, -0.15) is 0 Å². The van der Waals surface area contributed by atoms with E-state index in [1.165, 1.54) is 11.3 Å². The predicted octanol–water partition coefficient (Wildman–Crippen LogP) is 3.92. The van der Waals surface area contributed by atoms with Crippen LogP contribution in [0.3, 0.4) is 0 Å². The molecule has 3 rings (SSSR count). The van der Waals surface area contributed by atoms with Gasteiger partial charge in [-0.3, -0.25) is 0 Å². The van der Waals surface area contributed by atoms with Crippen molar-refractivity contribution in [2.75, 3.05) is 7.11 Å². The summed E-state index contributed by atoms with van der Waals surface area (Å²) in [5.74, 6) is 0.757. The highest BCUT2D eigenvalue weighted by Gasteiger charge is 2.17. The van der Waals surface area contributed by atoms with Crippen LogP contribution < -0.4 is 4.74 Å². The largest absolute Gasteiger partial charge is 0.497 e. The van der Waals surface area contributed by atoms with Crippen molar-refractivity contribution in [2.24, 2.45) is 0 Å². The van der Waals surface area contributed by atoms with Gasteiger partial charge in [0.25, 0.3) is 0 Å². The lowest BCUT2D eigenvalue weighted by molar-refractivity contribution is 0.223. The fourth-order valence-corrected chi connectivity index (χ4v) is 3.45. The molecule has 1 aromatic heterocycles. The average molecular weight is 326 g/mol. The van der Waals surface area contributed by atoms with Crippen molar-refractivity contribution in [3.8, 4) is 5.75 Å². The molecule has 0 aliphatic rings. The number of ether oxygens (including phenoxy) is 1. The molecule has 0 saturated heterocycles. The third kappa shape index (κ3) is 3.45. The molecular weight excluding hydrogens is 308 g/mol. The molecule has 0 spiro atoms. The maximum absolute atomic E-state index is 10.5. The zero-order valence-corrected chi connectivity index (χ0v) is 13.5. The Bertz CT molecular complexity index is 750. The Hall–Kier alpha value is -2.14. The molecule has 3 nitrogen and oxygen atoms in total. The molecule has 0 amide bonds. The summed E-state index contributed by atoms with van der Waals surface area (Å²) in [6.07, 6.45) is -1.37. The highest BCUT2D eigenvalue weighted by molar-refractivity contribution is 7.12. The number of methoxy groups -OCH3 is 1. The van der Waals surface area contributed by atoms with Crippen LogP contribution in [-0.2, 0) is 0 Å². The minimum absolute atomic E-state index is 0.669. The Kier molecular flexibility index (Phi) is 4.76. The van der Waals surface area contributed by atoms with E-state index in [2.05, 4.69) is 0 Å². The van der Waals surface area contributed by atoms with Crippen LogP contribution in [0.2, 0.25) is 0 Å². The quantitative estimate of drug-likeness (QED) is 0.747. The number of rotatable bonds is 5. The minimum Gasteiger partial charge on any atom is -0.497 e. The molecule has 2 atom stereocenters. The van der Waals surface area contributed by atoms with Crippen LogP contribution in [0.15, 0.2) is 66.7 Å². The second-order valence-corrected chi connectivity index (χ2v) is 6.38. The molecule has 0 aliphatic heterocycles. The van der Waals surface area contributed by atoms with Crippen molar-refractivity contribution in [1.29, 1.82) is 0 Å². The molecule has 4 heteroatoms. The maximum Gasteiger partial charge on any atom is 0.118 e. The SMILES string of the molecule is COc1ccc([C@@H](O)c2ccc([C@H](O)c3ccccc3)s2)cc1. The zero-order chi connectivity index (χ0) is 16.2. The Labute approximate surface area is 139 Å². The number of hydrogen-bond donors (Lipinski definition) is 2. The van der Waals surface area contributed by atoms with E-state index in [9.17, 15) is 10.2 Å². The van der Waals surface area contributed by atoms with Gasteiger partial charge in [-0.1, -0.05) is 42.5 Å². The van der Waals surface area contributed by atoms with Crippen molar-refractivity contribution in [3.63, 3.8) is 0 Å². The standard InChI is InChI=1S/C19H18O3S/c1-22-15-9-7-14(8-10-15)19(21)17-12-11-16(23-17)18(20)13-5-3-2-4-6-13/h2-12,18-21H,1H3/t18-,19-/m1/s1. The van der Waals surface area contributed by atoms with Gasteiger partial charge in [-0.15, -0.1) is 11.3 Å². The van der Waals surface area contributed by atoms with Gasteiger partial charge in [0.1, 0.15) is 18.0 Å². The zero-order valence-electron chi connectivity index (χ0n) is 12.7. The summed E-state index contributed by atoms with van der Waals surface area (Å²) in [5.41, 5.74) is 1.65. The Morgan fingerprint density at radius 2 is 1.26 bits per heavy atom. The molecule has 2 aromatic carbocycles. The van der Waals surface area contributed by atoms with Crippen molar-refractivity contribution < 1.29 is 14.9 Å². The van der Waals surface area contributed by atoms with E-state index in [4.69, 9.17) is 4.74 Å². The molecule has 118 valence electrons. The van der Waals surface area contributed by atoms with Crippen molar-refractivity contribution in [3.05, 3.63) is 87.6 Å². The normalized spacial score (nSPS) is 13.5. The highest BCUT2D eigenvalue weighted by atomic mass is 32.1. The molecule has 23 heavy (non-hydrogen) atoms. The molecule has 1 heterocycles. The molecule has 2 N–H and O–H groups in total. The molecule has 0 unspecified atom stereocenters. The second kappa shape index (κ2) is 6.96. The molecule has 0 bridgehead atoms. The maximum atomic E-state index is 10.5. The van der Waals surface area contributed by atoms with Crippen LogP contribution in [0.4, 0.5) is 0 Å².